The van der Waals surface area contributed by atoms with Crippen molar-refractivity contribution >= 4 is 38.3 Å². The largest absolute Gasteiger partial charge is 0.381 e. The first-order valence-corrected chi connectivity index (χ1v) is 10.7. The summed E-state index contributed by atoms with van der Waals surface area (Å²) in [6.07, 6.45) is 6.50. The summed E-state index contributed by atoms with van der Waals surface area (Å²) in [5, 5.41) is 4.75. The second kappa shape index (κ2) is 8.70. The Morgan fingerprint density at radius 1 is 1.26 bits per heavy atom. The molecule has 0 radical (unpaired) electrons. The van der Waals surface area contributed by atoms with E-state index in [0.29, 0.717) is 11.6 Å². The first-order valence-electron chi connectivity index (χ1n) is 9.89. The lowest BCUT2D eigenvalue weighted by atomic mass is 9.85. The SMILES string of the molecule is CC(C)C(=O)c1cnc2ccc(Br)cc2c1NC1CCC(CN(C)C)CC1. The summed E-state index contributed by atoms with van der Waals surface area (Å²) in [5.74, 6) is 0.874. The predicted molar refractivity (Wildman–Crippen MR) is 117 cm³/mol. The van der Waals surface area contributed by atoms with Gasteiger partial charge in [0.05, 0.1) is 16.8 Å². The first kappa shape index (κ1) is 20.3. The van der Waals surface area contributed by atoms with Crippen molar-refractivity contribution in [2.24, 2.45) is 11.8 Å². The van der Waals surface area contributed by atoms with Crippen molar-refractivity contribution in [2.75, 3.05) is 26.0 Å². The summed E-state index contributed by atoms with van der Waals surface area (Å²) in [6.45, 7) is 5.06. The molecule has 1 aliphatic carbocycles. The molecular formula is C22H30BrN3O. The van der Waals surface area contributed by atoms with Gasteiger partial charge in [0.25, 0.3) is 0 Å². The van der Waals surface area contributed by atoms with Gasteiger partial charge in [-0.15, -0.1) is 0 Å². The van der Waals surface area contributed by atoms with Crippen molar-refractivity contribution in [2.45, 2.75) is 45.6 Å². The van der Waals surface area contributed by atoms with Crippen LogP contribution in [0.1, 0.15) is 49.9 Å². The van der Waals surface area contributed by atoms with E-state index in [-0.39, 0.29) is 11.7 Å². The standard InChI is InChI=1S/C22H30BrN3O/c1-14(2)22(27)19-12-24-20-10-7-16(23)11-18(20)21(19)25-17-8-5-15(6-9-17)13-26(3)4/h7,10-12,14-15,17H,5-6,8-9,13H2,1-4H3,(H,24,25). The second-order valence-corrected chi connectivity index (χ2v) is 9.27. The quantitative estimate of drug-likeness (QED) is 0.624. The Kier molecular flexibility index (Phi) is 6.53. The fraction of sp³-hybridized carbons (Fsp3) is 0.545. The molecule has 1 N–H and O–H groups in total. The Bertz CT molecular complexity index is 811. The zero-order chi connectivity index (χ0) is 19.6. The number of aromatic nitrogens is 1. The van der Waals surface area contributed by atoms with E-state index in [1.54, 1.807) is 6.20 Å². The molecule has 2 aromatic rings. The van der Waals surface area contributed by atoms with Crippen LogP contribution in [0.25, 0.3) is 10.9 Å². The first-order chi connectivity index (χ1) is 12.8. The average Bonchev–Trinajstić information content (AvgIpc) is 2.62. The highest BCUT2D eigenvalue weighted by molar-refractivity contribution is 9.10. The molecule has 0 saturated heterocycles. The van der Waals surface area contributed by atoms with Crippen molar-refractivity contribution in [1.29, 1.82) is 0 Å². The summed E-state index contributed by atoms with van der Waals surface area (Å²) in [6, 6.07) is 6.48. The molecule has 1 saturated carbocycles. The van der Waals surface area contributed by atoms with E-state index in [0.717, 1.165) is 46.4 Å². The molecule has 0 bridgehead atoms. The van der Waals surface area contributed by atoms with Crippen LogP contribution in [0.2, 0.25) is 0 Å². The number of ketones is 1. The maximum atomic E-state index is 12.8. The number of nitrogens with one attached hydrogen (secondary N) is 1. The number of hydrogen-bond donors (Lipinski definition) is 1. The van der Waals surface area contributed by atoms with Crippen molar-refractivity contribution in [3.05, 3.63) is 34.4 Å². The number of rotatable bonds is 6. The van der Waals surface area contributed by atoms with Gasteiger partial charge in [-0.3, -0.25) is 9.78 Å². The number of benzene rings is 1. The minimum atomic E-state index is -0.0484. The van der Waals surface area contributed by atoms with Gasteiger partial charge in [0.2, 0.25) is 0 Å². The van der Waals surface area contributed by atoms with Crippen LogP contribution in [0.3, 0.4) is 0 Å². The number of pyridine rings is 1. The highest BCUT2D eigenvalue weighted by atomic mass is 79.9. The van der Waals surface area contributed by atoms with Crippen molar-refractivity contribution in [1.82, 2.24) is 9.88 Å². The van der Waals surface area contributed by atoms with E-state index in [2.05, 4.69) is 51.3 Å². The van der Waals surface area contributed by atoms with Gasteiger partial charge in [-0.1, -0.05) is 29.8 Å². The molecule has 0 atom stereocenters. The number of halogens is 1. The van der Waals surface area contributed by atoms with Crippen molar-refractivity contribution < 1.29 is 4.79 Å². The van der Waals surface area contributed by atoms with E-state index in [9.17, 15) is 4.79 Å². The fourth-order valence-corrected chi connectivity index (χ4v) is 4.39. The lowest BCUT2D eigenvalue weighted by Crippen LogP contribution is -2.31. The molecule has 3 rings (SSSR count). The Hall–Kier alpha value is -1.46. The van der Waals surface area contributed by atoms with Crippen LogP contribution >= 0.6 is 15.9 Å². The lowest BCUT2D eigenvalue weighted by Gasteiger charge is -2.32. The van der Waals surface area contributed by atoms with Gasteiger partial charge in [-0.2, -0.15) is 0 Å². The van der Waals surface area contributed by atoms with Gasteiger partial charge in [-0.25, -0.2) is 0 Å². The summed E-state index contributed by atoms with van der Waals surface area (Å²) >= 11 is 3.57. The van der Waals surface area contributed by atoms with Gasteiger partial charge in [0.15, 0.2) is 5.78 Å². The molecular weight excluding hydrogens is 402 g/mol. The number of carbonyl (C=O) groups excluding carboxylic acids is 1. The maximum Gasteiger partial charge on any atom is 0.169 e. The number of fused-ring (bicyclic) bond motifs is 1. The molecule has 1 aromatic heterocycles. The number of Topliss-reactive ketones (excluding diaryl/α,β-unsaturated/α-hetero) is 1. The number of nitrogens with zero attached hydrogens (tertiary/aromatic N) is 2. The average molecular weight is 432 g/mol. The topological polar surface area (TPSA) is 45.2 Å². The summed E-state index contributed by atoms with van der Waals surface area (Å²) in [4.78, 5) is 19.6. The van der Waals surface area contributed by atoms with Gasteiger partial charge in [-0.05, 0) is 63.9 Å². The summed E-state index contributed by atoms with van der Waals surface area (Å²) in [7, 11) is 4.30. The molecule has 146 valence electrons. The van der Waals surface area contributed by atoms with E-state index >= 15 is 0 Å². The van der Waals surface area contributed by atoms with Crippen LogP contribution in [0, 0.1) is 11.8 Å². The highest BCUT2D eigenvalue weighted by Crippen LogP contribution is 2.33. The Labute approximate surface area is 170 Å². The van der Waals surface area contributed by atoms with Crippen molar-refractivity contribution in [3.63, 3.8) is 0 Å². The summed E-state index contributed by atoms with van der Waals surface area (Å²) in [5.41, 5.74) is 2.59. The van der Waals surface area contributed by atoms with Gasteiger partial charge in [0.1, 0.15) is 0 Å². The van der Waals surface area contributed by atoms with Crippen LogP contribution < -0.4 is 5.32 Å². The molecule has 1 aliphatic rings. The third-order valence-electron chi connectivity index (χ3n) is 5.44. The third kappa shape index (κ3) is 4.88. The minimum absolute atomic E-state index is 0.0484. The number of hydrogen-bond acceptors (Lipinski definition) is 4. The van der Waals surface area contributed by atoms with Crippen molar-refractivity contribution in [3.8, 4) is 0 Å². The highest BCUT2D eigenvalue weighted by Gasteiger charge is 2.25. The molecule has 27 heavy (non-hydrogen) atoms. The van der Waals surface area contributed by atoms with Crippen LogP contribution in [0.15, 0.2) is 28.9 Å². The predicted octanol–water partition coefficient (Wildman–Crippen LogP) is 5.37. The monoisotopic (exact) mass is 431 g/mol. The fourth-order valence-electron chi connectivity index (χ4n) is 4.03. The molecule has 1 aromatic carbocycles. The molecule has 4 nitrogen and oxygen atoms in total. The molecule has 0 spiro atoms. The molecule has 1 fully saturated rings. The second-order valence-electron chi connectivity index (χ2n) is 8.35. The van der Waals surface area contributed by atoms with E-state index in [1.165, 1.54) is 12.8 Å². The van der Waals surface area contributed by atoms with Crippen LogP contribution in [-0.4, -0.2) is 42.3 Å². The molecule has 5 heteroatoms. The number of carbonyl (C=O) groups is 1. The Balaban J connectivity index is 1.89. The third-order valence-corrected chi connectivity index (χ3v) is 5.93. The van der Waals surface area contributed by atoms with E-state index in [1.807, 2.05) is 26.0 Å². The maximum absolute atomic E-state index is 12.8. The summed E-state index contributed by atoms with van der Waals surface area (Å²) < 4.78 is 1.00. The molecule has 1 heterocycles. The molecule has 0 aliphatic heterocycles. The zero-order valence-corrected chi connectivity index (χ0v) is 18.3. The molecule has 0 amide bonds. The van der Waals surface area contributed by atoms with Crippen LogP contribution in [0.4, 0.5) is 5.69 Å². The lowest BCUT2D eigenvalue weighted by molar-refractivity contribution is 0.0940. The Morgan fingerprint density at radius 3 is 2.59 bits per heavy atom. The van der Waals surface area contributed by atoms with Crippen LogP contribution in [0.5, 0.6) is 0 Å². The van der Waals surface area contributed by atoms with Crippen LogP contribution in [-0.2, 0) is 0 Å². The Morgan fingerprint density at radius 2 is 1.96 bits per heavy atom. The van der Waals surface area contributed by atoms with Gasteiger partial charge >= 0.3 is 0 Å². The van der Waals surface area contributed by atoms with E-state index < -0.39 is 0 Å². The minimum Gasteiger partial charge on any atom is -0.381 e. The van der Waals surface area contributed by atoms with E-state index in [4.69, 9.17) is 0 Å². The normalized spacial score (nSPS) is 20.4. The number of anilines is 1. The van der Waals surface area contributed by atoms with Gasteiger partial charge in [0, 0.05) is 34.6 Å². The smallest absolute Gasteiger partial charge is 0.169 e. The molecule has 0 unspecified atom stereocenters. The zero-order valence-electron chi connectivity index (χ0n) is 16.8. The van der Waals surface area contributed by atoms with Gasteiger partial charge < -0.3 is 10.2 Å².